The minimum absolute atomic E-state index is 0.130. The molecule has 1 aromatic carbocycles. The van der Waals surface area contributed by atoms with Gasteiger partial charge in [-0.15, -0.1) is 0 Å². The number of ether oxygens (including phenoxy) is 1. The maximum atomic E-state index is 13.2. The second-order valence-electron chi connectivity index (χ2n) is 5.06. The molecule has 6 nitrogen and oxygen atoms in total. The number of fused-ring (bicyclic) bond motifs is 1. The highest BCUT2D eigenvalue weighted by Crippen LogP contribution is 2.25. The molecule has 0 saturated heterocycles. The van der Waals surface area contributed by atoms with E-state index in [2.05, 4.69) is 15.0 Å². The molecular weight excluding hydrogens is 345 g/mol. The predicted molar refractivity (Wildman–Crippen MR) is 93.3 cm³/mol. The van der Waals surface area contributed by atoms with E-state index in [1.165, 1.54) is 42.1 Å². The third-order valence-electron chi connectivity index (χ3n) is 3.48. The molecule has 2 heterocycles. The second kappa shape index (κ2) is 7.02. The summed E-state index contributed by atoms with van der Waals surface area (Å²) < 4.78 is 18.3. The zero-order chi connectivity index (χ0) is 18.0. The Labute approximate surface area is 146 Å². The number of carbonyl (C=O) groups is 1. The van der Waals surface area contributed by atoms with Gasteiger partial charge >= 0.3 is 5.97 Å². The summed E-state index contributed by atoms with van der Waals surface area (Å²) in [5.41, 5.74) is 0.763. The maximum absolute atomic E-state index is 13.2. The number of hydrogen-bond acceptors (Lipinski definition) is 6. The van der Waals surface area contributed by atoms with Crippen LogP contribution in [0, 0.1) is 5.82 Å². The van der Waals surface area contributed by atoms with Crippen molar-refractivity contribution in [3.8, 4) is 11.3 Å². The van der Waals surface area contributed by atoms with Crippen molar-refractivity contribution in [1.82, 2.24) is 15.0 Å². The van der Waals surface area contributed by atoms with Gasteiger partial charge in [-0.25, -0.2) is 19.2 Å². The zero-order valence-electron chi connectivity index (χ0n) is 13.5. The van der Waals surface area contributed by atoms with Crippen molar-refractivity contribution in [2.24, 2.45) is 0 Å². The van der Waals surface area contributed by atoms with Crippen LogP contribution in [0.4, 0.5) is 4.39 Å². The number of aromatic nitrogens is 3. The number of halogens is 1. The normalized spacial score (nSPS) is 10.8. The Bertz CT molecular complexity index is 1000. The number of hydrogen-bond donors (Lipinski definition) is 1. The van der Waals surface area contributed by atoms with Crippen LogP contribution < -0.4 is 5.56 Å². The number of thioether (sulfide) groups is 1. The van der Waals surface area contributed by atoms with E-state index in [-0.39, 0.29) is 28.9 Å². The lowest BCUT2D eigenvalue weighted by atomic mass is 10.0. The molecule has 0 radical (unpaired) electrons. The molecule has 0 aliphatic rings. The number of benzene rings is 1. The van der Waals surface area contributed by atoms with Gasteiger partial charge in [-0.2, -0.15) is 0 Å². The summed E-state index contributed by atoms with van der Waals surface area (Å²) in [5, 5.41) is 0.602. The number of nitrogens with zero attached hydrogens (tertiary/aromatic N) is 2. The van der Waals surface area contributed by atoms with Crippen LogP contribution in [0.3, 0.4) is 0 Å². The van der Waals surface area contributed by atoms with Gasteiger partial charge in [0.25, 0.3) is 5.56 Å². The Morgan fingerprint density at radius 1 is 1.28 bits per heavy atom. The van der Waals surface area contributed by atoms with E-state index in [1.54, 1.807) is 13.2 Å². The van der Waals surface area contributed by atoms with Crippen LogP contribution in [0.25, 0.3) is 22.3 Å². The number of aromatic amines is 1. The van der Waals surface area contributed by atoms with Gasteiger partial charge in [-0.3, -0.25) is 4.79 Å². The van der Waals surface area contributed by atoms with E-state index in [4.69, 9.17) is 4.74 Å². The molecule has 128 valence electrons. The molecule has 0 atom stereocenters. The minimum Gasteiger partial charge on any atom is -0.462 e. The predicted octanol–water partition coefficient (Wildman–Crippen LogP) is 3.02. The molecular formula is C17H14FN3O3S. The molecule has 2 aromatic heterocycles. The summed E-state index contributed by atoms with van der Waals surface area (Å²) in [6.45, 7) is 1.86. The highest BCUT2D eigenvalue weighted by atomic mass is 32.2. The summed E-state index contributed by atoms with van der Waals surface area (Å²) >= 11 is 1.27. The van der Waals surface area contributed by atoms with Crippen molar-refractivity contribution in [3.05, 3.63) is 52.1 Å². The third kappa shape index (κ3) is 3.39. The standard InChI is InChI=1S/C17H14FN3O3S/c1-3-24-16(23)11-8-12-14(20-17(25-2)21-15(12)22)19-13(11)9-4-6-10(18)7-5-9/h4-8H,3H2,1-2H3,(H,19,20,21,22). The van der Waals surface area contributed by atoms with E-state index in [1.807, 2.05) is 0 Å². The summed E-state index contributed by atoms with van der Waals surface area (Å²) in [7, 11) is 0. The number of H-pyrrole nitrogens is 1. The van der Waals surface area contributed by atoms with Gasteiger partial charge in [0, 0.05) is 5.56 Å². The number of carbonyl (C=O) groups excluding carboxylic acids is 1. The van der Waals surface area contributed by atoms with E-state index < -0.39 is 17.3 Å². The first-order valence-corrected chi connectivity index (χ1v) is 8.68. The number of esters is 1. The quantitative estimate of drug-likeness (QED) is 0.438. The second-order valence-corrected chi connectivity index (χ2v) is 5.85. The first-order valence-electron chi connectivity index (χ1n) is 7.45. The molecule has 0 spiro atoms. The molecule has 3 aromatic rings. The van der Waals surface area contributed by atoms with E-state index in [9.17, 15) is 14.0 Å². The first-order chi connectivity index (χ1) is 12.0. The molecule has 0 unspecified atom stereocenters. The molecule has 3 rings (SSSR count). The van der Waals surface area contributed by atoms with Gasteiger partial charge < -0.3 is 9.72 Å². The lowest BCUT2D eigenvalue weighted by molar-refractivity contribution is 0.0527. The van der Waals surface area contributed by atoms with Crippen LogP contribution >= 0.6 is 11.8 Å². The van der Waals surface area contributed by atoms with Crippen molar-refractivity contribution in [2.75, 3.05) is 12.9 Å². The Balaban J connectivity index is 2.30. The Morgan fingerprint density at radius 2 is 2.00 bits per heavy atom. The average molecular weight is 359 g/mol. The lowest BCUT2D eigenvalue weighted by Gasteiger charge is -2.10. The maximum Gasteiger partial charge on any atom is 0.340 e. The Morgan fingerprint density at radius 3 is 2.64 bits per heavy atom. The molecule has 0 bridgehead atoms. The van der Waals surface area contributed by atoms with Crippen LogP contribution in [0.5, 0.6) is 0 Å². The summed E-state index contributed by atoms with van der Waals surface area (Å²) in [6, 6.07) is 6.97. The largest absolute Gasteiger partial charge is 0.462 e. The monoisotopic (exact) mass is 359 g/mol. The van der Waals surface area contributed by atoms with E-state index in [0.29, 0.717) is 10.7 Å². The minimum atomic E-state index is -0.607. The summed E-state index contributed by atoms with van der Waals surface area (Å²) in [4.78, 5) is 35.8. The van der Waals surface area contributed by atoms with Crippen LogP contribution in [0.1, 0.15) is 17.3 Å². The van der Waals surface area contributed by atoms with Gasteiger partial charge in [0.1, 0.15) is 5.82 Å². The Kier molecular flexibility index (Phi) is 4.80. The van der Waals surface area contributed by atoms with Gasteiger partial charge in [0.05, 0.1) is 23.3 Å². The summed E-state index contributed by atoms with van der Waals surface area (Å²) in [6.07, 6.45) is 1.78. The highest BCUT2D eigenvalue weighted by molar-refractivity contribution is 7.98. The first kappa shape index (κ1) is 17.1. The Hall–Kier alpha value is -2.74. The fourth-order valence-corrected chi connectivity index (χ4v) is 2.71. The molecule has 0 saturated carbocycles. The van der Waals surface area contributed by atoms with Crippen molar-refractivity contribution in [1.29, 1.82) is 0 Å². The van der Waals surface area contributed by atoms with Crippen LogP contribution in [0.2, 0.25) is 0 Å². The van der Waals surface area contributed by atoms with Gasteiger partial charge in [-0.05, 0) is 43.5 Å². The van der Waals surface area contributed by atoms with Crippen molar-refractivity contribution >= 4 is 28.8 Å². The van der Waals surface area contributed by atoms with Crippen LogP contribution in [-0.4, -0.2) is 33.8 Å². The van der Waals surface area contributed by atoms with Gasteiger partial charge in [0.15, 0.2) is 10.8 Å². The highest BCUT2D eigenvalue weighted by Gasteiger charge is 2.19. The fraction of sp³-hybridized carbons (Fsp3) is 0.176. The van der Waals surface area contributed by atoms with Crippen molar-refractivity contribution in [3.63, 3.8) is 0 Å². The fourth-order valence-electron chi connectivity index (χ4n) is 2.33. The van der Waals surface area contributed by atoms with Crippen molar-refractivity contribution < 1.29 is 13.9 Å². The molecule has 1 N–H and O–H groups in total. The van der Waals surface area contributed by atoms with Crippen LogP contribution in [0.15, 0.2) is 40.3 Å². The van der Waals surface area contributed by atoms with Gasteiger partial charge in [0.2, 0.25) is 0 Å². The molecule has 8 heteroatoms. The molecule has 0 amide bonds. The topological polar surface area (TPSA) is 84.9 Å². The SMILES string of the molecule is CCOC(=O)c1cc2c(=O)[nH]c(SC)nc2nc1-c1ccc(F)cc1. The number of nitrogens with one attached hydrogen (secondary N) is 1. The van der Waals surface area contributed by atoms with E-state index >= 15 is 0 Å². The van der Waals surface area contributed by atoms with Crippen LogP contribution in [-0.2, 0) is 4.74 Å². The third-order valence-corrected chi connectivity index (χ3v) is 4.06. The number of pyridine rings is 1. The molecule has 25 heavy (non-hydrogen) atoms. The molecule has 0 aliphatic carbocycles. The van der Waals surface area contributed by atoms with E-state index in [0.717, 1.165) is 0 Å². The summed E-state index contributed by atoms with van der Waals surface area (Å²) in [5.74, 6) is -1.01. The zero-order valence-corrected chi connectivity index (χ0v) is 14.3. The van der Waals surface area contributed by atoms with Gasteiger partial charge in [-0.1, -0.05) is 11.8 Å². The lowest BCUT2D eigenvalue weighted by Crippen LogP contribution is -2.14. The molecule has 0 fully saturated rings. The smallest absolute Gasteiger partial charge is 0.340 e. The average Bonchev–Trinajstić information content (AvgIpc) is 2.61. The molecule has 0 aliphatic heterocycles. The number of rotatable bonds is 4. The van der Waals surface area contributed by atoms with Crippen molar-refractivity contribution in [2.45, 2.75) is 12.1 Å².